The van der Waals surface area contributed by atoms with Crippen LogP contribution in [-0.4, -0.2) is 39.9 Å². The van der Waals surface area contributed by atoms with Crippen LogP contribution in [0.2, 0.25) is 5.02 Å². The zero-order chi connectivity index (χ0) is 20.1. The summed E-state index contributed by atoms with van der Waals surface area (Å²) in [6, 6.07) is 9.58. The first-order chi connectivity index (χ1) is 13.4. The van der Waals surface area contributed by atoms with Crippen LogP contribution < -0.4 is 11.0 Å². The molecule has 0 spiro atoms. The highest BCUT2D eigenvalue weighted by molar-refractivity contribution is 6.30. The number of nitrogens with one attached hydrogen (secondary N) is 2. The fourth-order valence-electron chi connectivity index (χ4n) is 3.60. The van der Waals surface area contributed by atoms with Gasteiger partial charge in [-0.25, -0.2) is 4.79 Å². The van der Waals surface area contributed by atoms with Crippen LogP contribution in [0.25, 0.3) is 0 Å². The van der Waals surface area contributed by atoms with E-state index >= 15 is 0 Å². The summed E-state index contributed by atoms with van der Waals surface area (Å²) in [7, 11) is 0. The zero-order valence-electron chi connectivity index (χ0n) is 16.4. The monoisotopic (exact) mass is 402 g/mol. The van der Waals surface area contributed by atoms with E-state index in [0.717, 1.165) is 43.2 Å². The van der Waals surface area contributed by atoms with E-state index in [9.17, 15) is 9.59 Å². The lowest BCUT2D eigenvalue weighted by atomic mass is 10.0. The molecule has 0 aliphatic carbocycles. The number of amides is 1. The average Bonchev–Trinajstić information content (AvgIpc) is 2.63. The molecule has 0 saturated carbocycles. The average molecular weight is 403 g/mol. The standard InChI is InChI=1S/C21H27ClN4O2/c1-14(2)10-18-11-19(25-21(28)24-18)20(27)23-17-4-3-9-26(13-17)12-15-5-7-16(22)8-6-15/h5-8,11,14,17H,3-4,9-10,12-13H2,1-2H3,(H,23,27)(H,24,25,28). The van der Waals surface area contributed by atoms with Crippen LogP contribution in [-0.2, 0) is 13.0 Å². The number of carbonyl (C=O) groups excluding carboxylic acids is 1. The number of nitrogens with zero attached hydrogens (tertiary/aromatic N) is 2. The number of H-pyrrole nitrogens is 1. The van der Waals surface area contributed by atoms with Crippen LogP contribution in [0.15, 0.2) is 35.1 Å². The maximum Gasteiger partial charge on any atom is 0.345 e. The van der Waals surface area contributed by atoms with E-state index < -0.39 is 5.69 Å². The Bertz CT molecular complexity index is 863. The van der Waals surface area contributed by atoms with Crippen molar-refractivity contribution in [3.63, 3.8) is 0 Å². The van der Waals surface area contributed by atoms with Crippen molar-refractivity contribution in [2.75, 3.05) is 13.1 Å². The van der Waals surface area contributed by atoms with Crippen LogP contribution in [0.3, 0.4) is 0 Å². The van der Waals surface area contributed by atoms with Gasteiger partial charge in [-0.05, 0) is 55.5 Å². The summed E-state index contributed by atoms with van der Waals surface area (Å²) in [5, 5.41) is 3.78. The molecule has 1 fully saturated rings. The lowest BCUT2D eigenvalue weighted by molar-refractivity contribution is 0.0895. The van der Waals surface area contributed by atoms with Gasteiger partial charge in [0.2, 0.25) is 0 Å². The van der Waals surface area contributed by atoms with Crippen molar-refractivity contribution >= 4 is 17.5 Å². The molecule has 1 amide bonds. The maximum atomic E-state index is 12.6. The van der Waals surface area contributed by atoms with Crippen LogP contribution in [0.1, 0.15) is 48.4 Å². The van der Waals surface area contributed by atoms with E-state index in [1.165, 1.54) is 5.56 Å². The van der Waals surface area contributed by atoms with Gasteiger partial charge in [-0.3, -0.25) is 9.69 Å². The van der Waals surface area contributed by atoms with Gasteiger partial charge in [-0.1, -0.05) is 37.6 Å². The molecule has 28 heavy (non-hydrogen) atoms. The SMILES string of the molecule is CC(C)Cc1cc(C(=O)NC2CCCN(Cc3ccc(Cl)cc3)C2)nc(=O)[nH]1. The smallest absolute Gasteiger partial charge is 0.345 e. The Labute approximate surface area is 170 Å². The van der Waals surface area contributed by atoms with Crippen LogP contribution >= 0.6 is 11.6 Å². The molecule has 6 nitrogen and oxygen atoms in total. The second-order valence-electron chi connectivity index (χ2n) is 7.87. The molecule has 1 saturated heterocycles. The van der Waals surface area contributed by atoms with E-state index in [-0.39, 0.29) is 17.6 Å². The fraction of sp³-hybridized carbons (Fsp3) is 0.476. The van der Waals surface area contributed by atoms with Gasteiger partial charge in [0.25, 0.3) is 5.91 Å². The molecule has 1 aromatic heterocycles. The minimum absolute atomic E-state index is 0.0446. The number of aromatic amines is 1. The summed E-state index contributed by atoms with van der Waals surface area (Å²) >= 11 is 5.95. The molecule has 2 N–H and O–H groups in total. The fourth-order valence-corrected chi connectivity index (χ4v) is 3.72. The Morgan fingerprint density at radius 3 is 2.82 bits per heavy atom. The molecule has 150 valence electrons. The third kappa shape index (κ3) is 5.91. The highest BCUT2D eigenvalue weighted by Gasteiger charge is 2.23. The van der Waals surface area contributed by atoms with Gasteiger partial charge in [-0.15, -0.1) is 0 Å². The minimum Gasteiger partial charge on any atom is -0.347 e. The molecule has 0 bridgehead atoms. The van der Waals surface area contributed by atoms with Crippen LogP contribution in [0.4, 0.5) is 0 Å². The molecule has 0 radical (unpaired) electrons. The molecular formula is C21H27ClN4O2. The van der Waals surface area contributed by atoms with Crippen molar-refractivity contribution in [3.8, 4) is 0 Å². The van der Waals surface area contributed by atoms with Gasteiger partial charge in [0.05, 0.1) is 0 Å². The van der Waals surface area contributed by atoms with Crippen molar-refractivity contribution in [1.82, 2.24) is 20.2 Å². The Morgan fingerprint density at radius 1 is 1.36 bits per heavy atom. The van der Waals surface area contributed by atoms with E-state index in [2.05, 4.69) is 34.0 Å². The molecule has 2 aromatic rings. The molecule has 1 atom stereocenters. The highest BCUT2D eigenvalue weighted by Crippen LogP contribution is 2.16. The maximum absolute atomic E-state index is 12.6. The first kappa shape index (κ1) is 20.6. The first-order valence-electron chi connectivity index (χ1n) is 9.77. The molecule has 1 unspecified atom stereocenters. The number of rotatable bonds is 6. The van der Waals surface area contributed by atoms with Gasteiger partial charge in [0.15, 0.2) is 0 Å². The van der Waals surface area contributed by atoms with Gasteiger partial charge in [-0.2, -0.15) is 4.98 Å². The highest BCUT2D eigenvalue weighted by atomic mass is 35.5. The van der Waals surface area contributed by atoms with Gasteiger partial charge in [0, 0.05) is 29.8 Å². The van der Waals surface area contributed by atoms with Crippen molar-refractivity contribution < 1.29 is 4.79 Å². The lowest BCUT2D eigenvalue weighted by Crippen LogP contribution is -2.47. The van der Waals surface area contributed by atoms with Gasteiger partial charge < -0.3 is 10.3 Å². The number of aromatic nitrogens is 2. The quantitative estimate of drug-likeness (QED) is 0.778. The summed E-state index contributed by atoms with van der Waals surface area (Å²) < 4.78 is 0. The molecular weight excluding hydrogens is 376 g/mol. The number of hydrogen-bond acceptors (Lipinski definition) is 4. The Kier molecular flexibility index (Phi) is 6.86. The molecule has 7 heteroatoms. The number of piperidine rings is 1. The summed E-state index contributed by atoms with van der Waals surface area (Å²) in [6.07, 6.45) is 2.64. The van der Waals surface area contributed by atoms with E-state index in [1.54, 1.807) is 6.07 Å². The Morgan fingerprint density at radius 2 is 2.11 bits per heavy atom. The predicted molar refractivity (Wildman–Crippen MR) is 111 cm³/mol. The summed E-state index contributed by atoms with van der Waals surface area (Å²) in [6.45, 7) is 6.73. The number of benzene rings is 1. The second-order valence-corrected chi connectivity index (χ2v) is 8.31. The third-order valence-corrected chi connectivity index (χ3v) is 5.07. The third-order valence-electron chi connectivity index (χ3n) is 4.82. The molecule has 2 heterocycles. The molecule has 1 aliphatic heterocycles. The topological polar surface area (TPSA) is 78.1 Å². The number of hydrogen-bond donors (Lipinski definition) is 2. The normalized spacial score (nSPS) is 17.6. The summed E-state index contributed by atoms with van der Waals surface area (Å²) in [5.41, 5.74) is 1.66. The molecule has 1 aliphatic rings. The van der Waals surface area contributed by atoms with Crippen molar-refractivity contribution in [3.05, 3.63) is 62.8 Å². The number of likely N-dealkylation sites (tertiary alicyclic amines) is 1. The lowest BCUT2D eigenvalue weighted by Gasteiger charge is -2.33. The Hall–Kier alpha value is -2.18. The van der Waals surface area contributed by atoms with Crippen LogP contribution in [0.5, 0.6) is 0 Å². The minimum atomic E-state index is -0.476. The van der Waals surface area contributed by atoms with Gasteiger partial charge in [0.1, 0.15) is 5.69 Å². The van der Waals surface area contributed by atoms with Gasteiger partial charge >= 0.3 is 5.69 Å². The predicted octanol–water partition coefficient (Wildman–Crippen LogP) is 3.02. The summed E-state index contributed by atoms with van der Waals surface area (Å²) in [4.78, 5) is 33.3. The van der Waals surface area contributed by atoms with Crippen molar-refractivity contribution in [1.29, 1.82) is 0 Å². The second kappa shape index (κ2) is 9.34. The zero-order valence-corrected chi connectivity index (χ0v) is 17.1. The van der Waals surface area contributed by atoms with E-state index in [0.29, 0.717) is 12.3 Å². The van der Waals surface area contributed by atoms with E-state index in [1.807, 2.05) is 24.3 Å². The molecule has 3 rings (SSSR count). The van der Waals surface area contributed by atoms with Crippen molar-refractivity contribution in [2.45, 2.75) is 45.7 Å². The largest absolute Gasteiger partial charge is 0.347 e. The van der Waals surface area contributed by atoms with E-state index in [4.69, 9.17) is 11.6 Å². The Balaban J connectivity index is 1.61. The molecule has 1 aromatic carbocycles. The van der Waals surface area contributed by atoms with Crippen molar-refractivity contribution in [2.24, 2.45) is 5.92 Å². The number of carbonyl (C=O) groups is 1. The number of halogens is 1. The summed E-state index contributed by atoms with van der Waals surface area (Å²) in [5.74, 6) is 0.100. The van der Waals surface area contributed by atoms with Crippen LogP contribution in [0, 0.1) is 5.92 Å². The first-order valence-corrected chi connectivity index (χ1v) is 10.1.